The summed E-state index contributed by atoms with van der Waals surface area (Å²) in [6.07, 6.45) is 3.80. The number of hydroxylamine groups is 1. The van der Waals surface area contributed by atoms with Gasteiger partial charge in [-0.05, 0) is 29.2 Å². The van der Waals surface area contributed by atoms with Crippen LogP contribution in [0, 0.1) is 0 Å². The van der Waals surface area contributed by atoms with Gasteiger partial charge in [0, 0.05) is 12.4 Å². The Morgan fingerprint density at radius 2 is 1.57 bits per heavy atom. The number of hydrogen-bond donors (Lipinski definition) is 4. The Kier molecular flexibility index (Phi) is 7.65. The molecule has 0 aliphatic rings. The van der Waals surface area contributed by atoms with Gasteiger partial charge in [0.15, 0.2) is 0 Å². The van der Waals surface area contributed by atoms with Gasteiger partial charge in [-0.2, -0.15) is 0 Å². The highest BCUT2D eigenvalue weighted by Gasteiger charge is 2.24. The largest absolute Gasteiger partial charge is 0.347 e. The van der Waals surface area contributed by atoms with Crippen molar-refractivity contribution in [3.8, 4) is 0 Å². The lowest BCUT2D eigenvalue weighted by Gasteiger charge is -2.24. The smallest absolute Gasteiger partial charge is 0.257 e. The molecule has 154 valence electrons. The number of pyridine rings is 1. The molecule has 4 N–H and O–H groups in total. The molecule has 0 aliphatic heterocycles. The first kappa shape index (κ1) is 21.2. The normalized spacial score (nSPS) is 12.6. The fourth-order valence-electron chi connectivity index (χ4n) is 3.19. The quantitative estimate of drug-likeness (QED) is 0.324. The van der Waals surface area contributed by atoms with Crippen LogP contribution in [0.2, 0.25) is 0 Å². The molecule has 0 fully saturated rings. The van der Waals surface area contributed by atoms with Crippen LogP contribution in [0.1, 0.15) is 28.8 Å². The summed E-state index contributed by atoms with van der Waals surface area (Å²) in [5.74, 6) is -0.931. The van der Waals surface area contributed by atoms with E-state index in [4.69, 9.17) is 5.21 Å². The van der Waals surface area contributed by atoms with Crippen LogP contribution in [0.25, 0.3) is 0 Å². The van der Waals surface area contributed by atoms with E-state index in [-0.39, 0.29) is 18.5 Å². The van der Waals surface area contributed by atoms with E-state index in [9.17, 15) is 9.59 Å². The molecule has 0 spiro atoms. The average molecular weight is 404 g/mol. The lowest BCUT2D eigenvalue weighted by molar-refractivity contribution is -0.129. The average Bonchev–Trinajstić information content (AvgIpc) is 2.80. The number of carbonyl (C=O) groups is 2. The second kappa shape index (κ2) is 10.8. The maximum Gasteiger partial charge on any atom is 0.257 e. The van der Waals surface area contributed by atoms with Crippen molar-refractivity contribution >= 4 is 11.8 Å². The third-order valence-corrected chi connectivity index (χ3v) is 4.67. The lowest BCUT2D eigenvalue weighted by atomic mass is 9.98. The number of hydrogen-bond acceptors (Lipinski definition) is 5. The van der Waals surface area contributed by atoms with E-state index in [1.807, 2.05) is 60.7 Å². The van der Waals surface area contributed by atoms with Crippen LogP contribution in [0.4, 0.5) is 0 Å². The van der Waals surface area contributed by atoms with Crippen molar-refractivity contribution in [2.45, 2.75) is 18.5 Å². The highest BCUT2D eigenvalue weighted by atomic mass is 16.5. The van der Waals surface area contributed by atoms with Crippen LogP contribution >= 0.6 is 0 Å². The molecule has 0 bridgehead atoms. The van der Waals surface area contributed by atoms with E-state index in [0.29, 0.717) is 12.0 Å². The maximum atomic E-state index is 13.2. The first-order chi connectivity index (χ1) is 14.7. The second-order valence-corrected chi connectivity index (χ2v) is 6.80. The molecular weight excluding hydrogens is 380 g/mol. The summed E-state index contributed by atoms with van der Waals surface area (Å²) in [6, 6.07) is 22.1. The summed E-state index contributed by atoms with van der Waals surface area (Å²) in [5.41, 5.74) is 4.25. The van der Waals surface area contributed by atoms with Gasteiger partial charge < -0.3 is 5.32 Å². The molecule has 1 aromatic heterocycles. The molecule has 3 aromatic rings. The van der Waals surface area contributed by atoms with E-state index in [2.05, 4.69) is 15.6 Å². The van der Waals surface area contributed by atoms with Crippen LogP contribution < -0.4 is 16.1 Å². The minimum Gasteiger partial charge on any atom is -0.347 e. The zero-order valence-corrected chi connectivity index (χ0v) is 16.4. The summed E-state index contributed by atoms with van der Waals surface area (Å²) >= 11 is 0. The lowest BCUT2D eigenvalue weighted by Crippen LogP contribution is -2.43. The van der Waals surface area contributed by atoms with Crippen LogP contribution in [0.3, 0.4) is 0 Å². The van der Waals surface area contributed by atoms with Gasteiger partial charge in [-0.25, -0.2) is 5.48 Å². The molecule has 0 aliphatic carbocycles. The Morgan fingerprint density at radius 1 is 0.900 bits per heavy atom. The highest BCUT2D eigenvalue weighted by Crippen LogP contribution is 2.20. The number of amides is 2. The summed E-state index contributed by atoms with van der Waals surface area (Å²) in [5, 5.41) is 14.7. The van der Waals surface area contributed by atoms with Crippen molar-refractivity contribution in [1.82, 2.24) is 21.1 Å². The number of carbonyl (C=O) groups excluding carboxylic acids is 2. The minimum atomic E-state index is -0.807. The van der Waals surface area contributed by atoms with Crippen molar-refractivity contribution < 1.29 is 14.8 Å². The summed E-state index contributed by atoms with van der Waals surface area (Å²) in [4.78, 5) is 28.8. The van der Waals surface area contributed by atoms with Gasteiger partial charge >= 0.3 is 0 Å². The van der Waals surface area contributed by atoms with E-state index in [1.54, 1.807) is 30.0 Å². The van der Waals surface area contributed by atoms with Gasteiger partial charge in [0.2, 0.25) is 5.91 Å². The molecule has 7 nitrogen and oxygen atoms in total. The Balaban J connectivity index is 1.82. The molecule has 7 heteroatoms. The molecule has 3 rings (SSSR count). The van der Waals surface area contributed by atoms with Gasteiger partial charge in [0.1, 0.15) is 6.04 Å². The van der Waals surface area contributed by atoms with Gasteiger partial charge in [-0.1, -0.05) is 66.7 Å². The van der Waals surface area contributed by atoms with Crippen molar-refractivity contribution in [2.75, 3.05) is 6.54 Å². The number of rotatable bonds is 9. The fraction of sp³-hybridized carbons (Fsp3) is 0.174. The SMILES string of the molecule is O=C(CNC(C(=O)NC(Cc1ccccc1)c1ccccc1)c1cccnc1)NO. The zero-order chi connectivity index (χ0) is 21.2. The van der Waals surface area contributed by atoms with Crippen LogP contribution in [0.5, 0.6) is 0 Å². The summed E-state index contributed by atoms with van der Waals surface area (Å²) < 4.78 is 0. The maximum absolute atomic E-state index is 13.2. The third kappa shape index (κ3) is 5.97. The number of benzene rings is 2. The summed E-state index contributed by atoms with van der Waals surface area (Å²) in [7, 11) is 0. The molecule has 2 atom stereocenters. The van der Waals surface area contributed by atoms with E-state index < -0.39 is 11.9 Å². The molecule has 0 saturated heterocycles. The molecule has 0 saturated carbocycles. The van der Waals surface area contributed by atoms with Crippen molar-refractivity contribution in [3.63, 3.8) is 0 Å². The predicted molar refractivity (Wildman–Crippen MR) is 112 cm³/mol. The highest BCUT2D eigenvalue weighted by molar-refractivity contribution is 5.85. The fourth-order valence-corrected chi connectivity index (χ4v) is 3.19. The number of aromatic nitrogens is 1. The number of nitrogens with zero attached hydrogens (tertiary/aromatic N) is 1. The van der Waals surface area contributed by atoms with Crippen LogP contribution in [-0.2, 0) is 16.0 Å². The molecule has 2 amide bonds. The predicted octanol–water partition coefficient (Wildman–Crippen LogP) is 2.32. The standard InChI is InChI=1S/C23H24N4O3/c28-21(27-30)16-25-22(19-12-7-13-24-15-19)23(29)26-20(18-10-5-2-6-11-18)14-17-8-3-1-4-9-17/h1-13,15,20,22,25,30H,14,16H2,(H,26,29)(H,27,28). The Morgan fingerprint density at radius 3 is 2.20 bits per heavy atom. The zero-order valence-electron chi connectivity index (χ0n) is 16.4. The molecule has 2 unspecified atom stereocenters. The van der Waals surface area contributed by atoms with E-state index in [1.165, 1.54) is 0 Å². The minimum absolute atomic E-state index is 0.224. The Hall–Kier alpha value is -3.55. The number of nitrogens with one attached hydrogen (secondary N) is 3. The first-order valence-corrected chi connectivity index (χ1v) is 9.63. The van der Waals surface area contributed by atoms with Crippen LogP contribution in [0.15, 0.2) is 85.2 Å². The monoisotopic (exact) mass is 404 g/mol. The van der Waals surface area contributed by atoms with E-state index in [0.717, 1.165) is 11.1 Å². The van der Waals surface area contributed by atoms with Crippen molar-refractivity contribution in [3.05, 3.63) is 102 Å². The summed E-state index contributed by atoms with van der Waals surface area (Å²) in [6.45, 7) is -0.224. The molecule has 0 radical (unpaired) electrons. The molecule has 30 heavy (non-hydrogen) atoms. The van der Waals surface area contributed by atoms with Crippen LogP contribution in [-0.4, -0.2) is 28.6 Å². The Bertz CT molecular complexity index is 936. The molecule has 1 heterocycles. The first-order valence-electron chi connectivity index (χ1n) is 9.63. The second-order valence-electron chi connectivity index (χ2n) is 6.80. The third-order valence-electron chi connectivity index (χ3n) is 4.67. The molecule has 2 aromatic carbocycles. The van der Waals surface area contributed by atoms with E-state index >= 15 is 0 Å². The Labute approximate surface area is 175 Å². The van der Waals surface area contributed by atoms with Gasteiger partial charge in [0.05, 0.1) is 12.6 Å². The van der Waals surface area contributed by atoms with Gasteiger partial charge in [0.25, 0.3) is 5.91 Å². The van der Waals surface area contributed by atoms with Crippen molar-refractivity contribution in [2.24, 2.45) is 0 Å². The van der Waals surface area contributed by atoms with Gasteiger partial charge in [-0.15, -0.1) is 0 Å². The topological polar surface area (TPSA) is 103 Å². The molecular formula is C23H24N4O3. The van der Waals surface area contributed by atoms with Gasteiger partial charge in [-0.3, -0.25) is 25.1 Å². The van der Waals surface area contributed by atoms with Crippen molar-refractivity contribution in [1.29, 1.82) is 0 Å².